The van der Waals surface area contributed by atoms with Gasteiger partial charge >= 0.3 is 0 Å². The molecule has 1 saturated heterocycles. The SMILES string of the molecule is Cc1nnc(N2CCC(C(=O)N3CCc4ccccc43)C2)s1. The highest BCUT2D eigenvalue weighted by Crippen LogP contribution is 2.32. The molecule has 3 heterocycles. The highest BCUT2D eigenvalue weighted by Gasteiger charge is 2.35. The number of nitrogens with zero attached hydrogens (tertiary/aromatic N) is 4. The second-order valence-corrected chi connectivity index (χ2v) is 7.06. The predicted octanol–water partition coefficient (Wildman–Crippen LogP) is 2.26. The minimum atomic E-state index is 0.0652. The van der Waals surface area contributed by atoms with Gasteiger partial charge in [0.15, 0.2) is 0 Å². The molecular formula is C16H18N4OS. The molecule has 1 aromatic heterocycles. The molecular weight excluding hydrogens is 296 g/mol. The van der Waals surface area contributed by atoms with E-state index in [0.717, 1.165) is 48.3 Å². The first-order chi connectivity index (χ1) is 10.7. The molecule has 0 N–H and O–H groups in total. The van der Waals surface area contributed by atoms with Crippen LogP contribution in [0.3, 0.4) is 0 Å². The second kappa shape index (κ2) is 5.35. The molecule has 2 aliphatic rings. The van der Waals surface area contributed by atoms with Gasteiger partial charge in [-0.2, -0.15) is 0 Å². The van der Waals surface area contributed by atoms with E-state index in [1.165, 1.54) is 5.56 Å². The summed E-state index contributed by atoms with van der Waals surface area (Å²) < 4.78 is 0. The molecule has 114 valence electrons. The topological polar surface area (TPSA) is 49.3 Å². The van der Waals surface area contributed by atoms with Crippen LogP contribution in [0.5, 0.6) is 0 Å². The lowest BCUT2D eigenvalue weighted by molar-refractivity contribution is -0.121. The number of fused-ring (bicyclic) bond motifs is 1. The lowest BCUT2D eigenvalue weighted by Gasteiger charge is -2.21. The summed E-state index contributed by atoms with van der Waals surface area (Å²) in [6.45, 7) is 4.42. The molecule has 6 heteroatoms. The summed E-state index contributed by atoms with van der Waals surface area (Å²) >= 11 is 1.60. The lowest BCUT2D eigenvalue weighted by Crippen LogP contribution is -2.36. The maximum Gasteiger partial charge on any atom is 0.231 e. The first kappa shape index (κ1) is 13.7. The van der Waals surface area contributed by atoms with E-state index in [1.807, 2.05) is 24.0 Å². The third-order valence-electron chi connectivity index (χ3n) is 4.48. The van der Waals surface area contributed by atoms with Gasteiger partial charge in [0.25, 0.3) is 0 Å². The molecule has 22 heavy (non-hydrogen) atoms. The Balaban J connectivity index is 1.49. The molecule has 2 aromatic rings. The molecule has 1 aromatic carbocycles. The van der Waals surface area contributed by atoms with Crippen LogP contribution < -0.4 is 9.80 Å². The van der Waals surface area contributed by atoms with Crippen molar-refractivity contribution in [1.82, 2.24) is 10.2 Å². The highest BCUT2D eigenvalue weighted by molar-refractivity contribution is 7.15. The van der Waals surface area contributed by atoms with Crippen molar-refractivity contribution >= 4 is 28.1 Å². The number of rotatable bonds is 2. The quantitative estimate of drug-likeness (QED) is 0.853. The first-order valence-corrected chi connectivity index (χ1v) is 8.48. The van der Waals surface area contributed by atoms with E-state index < -0.39 is 0 Å². The van der Waals surface area contributed by atoms with Gasteiger partial charge in [-0.05, 0) is 31.4 Å². The van der Waals surface area contributed by atoms with Crippen LogP contribution in [0, 0.1) is 12.8 Å². The minimum Gasteiger partial charge on any atom is -0.346 e. The fraction of sp³-hybridized carbons (Fsp3) is 0.438. The van der Waals surface area contributed by atoms with Gasteiger partial charge in [0.1, 0.15) is 5.01 Å². The molecule has 0 saturated carbocycles. The van der Waals surface area contributed by atoms with E-state index in [0.29, 0.717) is 0 Å². The minimum absolute atomic E-state index is 0.0652. The normalized spacial score (nSPS) is 20.5. The van der Waals surface area contributed by atoms with Crippen molar-refractivity contribution in [2.75, 3.05) is 29.4 Å². The van der Waals surface area contributed by atoms with Crippen molar-refractivity contribution in [3.05, 3.63) is 34.8 Å². The van der Waals surface area contributed by atoms with Crippen molar-refractivity contribution in [2.45, 2.75) is 19.8 Å². The van der Waals surface area contributed by atoms with Crippen molar-refractivity contribution in [2.24, 2.45) is 5.92 Å². The molecule has 2 aliphatic heterocycles. The summed E-state index contributed by atoms with van der Waals surface area (Å²) in [5.41, 5.74) is 2.38. The third kappa shape index (κ3) is 2.27. The van der Waals surface area contributed by atoms with Crippen LogP contribution in [0.4, 0.5) is 10.8 Å². The zero-order chi connectivity index (χ0) is 15.1. The van der Waals surface area contributed by atoms with Gasteiger partial charge in [0.05, 0.1) is 5.92 Å². The van der Waals surface area contributed by atoms with Crippen LogP contribution in [0.1, 0.15) is 17.0 Å². The van der Waals surface area contributed by atoms with Crippen molar-refractivity contribution in [3.63, 3.8) is 0 Å². The summed E-state index contributed by atoms with van der Waals surface area (Å²) in [5.74, 6) is 0.323. The number of anilines is 2. The number of aromatic nitrogens is 2. The fourth-order valence-electron chi connectivity index (χ4n) is 3.34. The number of benzene rings is 1. The second-order valence-electron chi connectivity index (χ2n) is 5.90. The maximum absolute atomic E-state index is 12.9. The molecule has 0 spiro atoms. The summed E-state index contributed by atoms with van der Waals surface area (Å²) in [6, 6.07) is 8.23. The summed E-state index contributed by atoms with van der Waals surface area (Å²) in [6.07, 6.45) is 1.87. The Morgan fingerprint density at radius 1 is 1.27 bits per heavy atom. The Morgan fingerprint density at radius 2 is 2.14 bits per heavy atom. The van der Waals surface area contributed by atoms with Gasteiger partial charge in [0.2, 0.25) is 11.0 Å². The molecule has 1 fully saturated rings. The first-order valence-electron chi connectivity index (χ1n) is 7.67. The summed E-state index contributed by atoms with van der Waals surface area (Å²) in [5, 5.41) is 10.2. The maximum atomic E-state index is 12.9. The Bertz CT molecular complexity index is 714. The third-order valence-corrected chi connectivity index (χ3v) is 5.38. The van der Waals surface area contributed by atoms with Crippen LogP contribution in [0.25, 0.3) is 0 Å². The summed E-state index contributed by atoms with van der Waals surface area (Å²) in [4.78, 5) is 17.0. The Labute approximate surface area is 133 Å². The number of carbonyl (C=O) groups excluding carboxylic acids is 1. The fourth-order valence-corrected chi connectivity index (χ4v) is 4.06. The number of carbonyl (C=O) groups is 1. The van der Waals surface area contributed by atoms with Gasteiger partial charge in [-0.25, -0.2) is 0 Å². The highest BCUT2D eigenvalue weighted by atomic mass is 32.1. The van der Waals surface area contributed by atoms with E-state index >= 15 is 0 Å². The van der Waals surface area contributed by atoms with E-state index in [9.17, 15) is 4.79 Å². The Kier molecular flexibility index (Phi) is 3.33. The van der Waals surface area contributed by atoms with Crippen LogP contribution in [-0.4, -0.2) is 35.7 Å². The smallest absolute Gasteiger partial charge is 0.231 e. The number of hydrogen-bond donors (Lipinski definition) is 0. The molecule has 0 radical (unpaired) electrons. The number of hydrogen-bond acceptors (Lipinski definition) is 5. The van der Waals surface area contributed by atoms with Gasteiger partial charge in [0, 0.05) is 25.3 Å². The molecule has 1 unspecified atom stereocenters. The lowest BCUT2D eigenvalue weighted by atomic mass is 10.1. The van der Waals surface area contributed by atoms with Crippen molar-refractivity contribution in [3.8, 4) is 0 Å². The van der Waals surface area contributed by atoms with Crippen LogP contribution >= 0.6 is 11.3 Å². The van der Waals surface area contributed by atoms with Gasteiger partial charge < -0.3 is 9.80 Å². The predicted molar refractivity (Wildman–Crippen MR) is 87.5 cm³/mol. The number of amides is 1. The zero-order valence-electron chi connectivity index (χ0n) is 12.5. The van der Waals surface area contributed by atoms with E-state index in [2.05, 4.69) is 27.2 Å². The van der Waals surface area contributed by atoms with Crippen molar-refractivity contribution < 1.29 is 4.79 Å². The van der Waals surface area contributed by atoms with Gasteiger partial charge in [-0.1, -0.05) is 29.5 Å². The van der Waals surface area contributed by atoms with Crippen molar-refractivity contribution in [1.29, 1.82) is 0 Å². The van der Waals surface area contributed by atoms with E-state index in [1.54, 1.807) is 11.3 Å². The average molecular weight is 314 g/mol. The molecule has 4 rings (SSSR count). The van der Waals surface area contributed by atoms with E-state index in [-0.39, 0.29) is 11.8 Å². The molecule has 1 atom stereocenters. The van der Waals surface area contributed by atoms with Crippen LogP contribution in [0.15, 0.2) is 24.3 Å². The zero-order valence-corrected chi connectivity index (χ0v) is 13.3. The molecule has 5 nitrogen and oxygen atoms in total. The monoisotopic (exact) mass is 314 g/mol. The summed E-state index contributed by atoms with van der Waals surface area (Å²) in [7, 11) is 0. The van der Waals surface area contributed by atoms with E-state index in [4.69, 9.17) is 0 Å². The molecule has 0 bridgehead atoms. The van der Waals surface area contributed by atoms with Crippen LogP contribution in [-0.2, 0) is 11.2 Å². The number of para-hydroxylation sites is 1. The number of aryl methyl sites for hydroxylation is 1. The average Bonchev–Trinajstić information content (AvgIpc) is 3.25. The largest absolute Gasteiger partial charge is 0.346 e. The Hall–Kier alpha value is -1.95. The molecule has 1 amide bonds. The standard InChI is InChI=1S/C16H18N4OS/c1-11-17-18-16(22-11)19-8-6-13(10-19)15(21)20-9-7-12-4-2-3-5-14(12)20/h2-5,13H,6-10H2,1H3. The van der Waals surface area contributed by atoms with Gasteiger partial charge in [-0.3, -0.25) is 4.79 Å². The molecule has 0 aliphatic carbocycles. The Morgan fingerprint density at radius 3 is 2.95 bits per heavy atom. The van der Waals surface area contributed by atoms with Crippen LogP contribution in [0.2, 0.25) is 0 Å². The van der Waals surface area contributed by atoms with Gasteiger partial charge in [-0.15, -0.1) is 10.2 Å².